The molecule has 112 valence electrons. The molecule has 0 atom stereocenters. The predicted octanol–water partition coefficient (Wildman–Crippen LogP) is 2.82. The number of carbonyl (C=O) groups is 1. The normalized spacial score (nSPS) is 9.82. The smallest absolute Gasteiger partial charge is 0.220 e. The first kappa shape index (κ1) is 15.6. The summed E-state index contributed by atoms with van der Waals surface area (Å²) in [6.07, 6.45) is 1.09. The second-order valence-electron chi connectivity index (χ2n) is 4.94. The number of amides is 1. The number of nitriles is 1. The molecule has 2 aromatic carbocycles. The zero-order valence-electron chi connectivity index (χ0n) is 12.5. The zero-order valence-corrected chi connectivity index (χ0v) is 12.5. The molecular formula is C18H18N2O2. The van der Waals surface area contributed by atoms with Crippen molar-refractivity contribution in [3.8, 4) is 11.8 Å². The number of hydrogen-bond donors (Lipinski definition) is 1. The molecule has 2 aromatic rings. The third-order valence-corrected chi connectivity index (χ3v) is 3.35. The topological polar surface area (TPSA) is 62.1 Å². The van der Waals surface area contributed by atoms with Crippen molar-refractivity contribution in [2.75, 3.05) is 7.11 Å². The van der Waals surface area contributed by atoms with E-state index in [-0.39, 0.29) is 5.91 Å². The summed E-state index contributed by atoms with van der Waals surface area (Å²) in [6, 6.07) is 17.0. The SMILES string of the molecule is COc1cccc(CNC(=O)CCc2ccc(C#N)cc2)c1. The Morgan fingerprint density at radius 1 is 1.18 bits per heavy atom. The van der Waals surface area contributed by atoms with Crippen molar-refractivity contribution in [3.63, 3.8) is 0 Å². The van der Waals surface area contributed by atoms with Crippen LogP contribution in [0.3, 0.4) is 0 Å². The lowest BCUT2D eigenvalue weighted by Gasteiger charge is -2.07. The molecule has 22 heavy (non-hydrogen) atoms. The summed E-state index contributed by atoms with van der Waals surface area (Å²) < 4.78 is 5.15. The molecule has 0 aliphatic heterocycles. The highest BCUT2D eigenvalue weighted by Crippen LogP contribution is 2.12. The molecule has 1 N–H and O–H groups in total. The zero-order chi connectivity index (χ0) is 15.8. The van der Waals surface area contributed by atoms with Gasteiger partial charge in [-0.3, -0.25) is 4.79 Å². The summed E-state index contributed by atoms with van der Waals surface area (Å²) in [6.45, 7) is 0.489. The first-order valence-electron chi connectivity index (χ1n) is 7.10. The van der Waals surface area contributed by atoms with Crippen LogP contribution in [0.2, 0.25) is 0 Å². The van der Waals surface area contributed by atoms with Crippen molar-refractivity contribution in [1.82, 2.24) is 5.32 Å². The minimum atomic E-state index is 0.00665. The molecule has 1 amide bonds. The van der Waals surface area contributed by atoms with Crippen LogP contribution < -0.4 is 10.1 Å². The van der Waals surface area contributed by atoms with Gasteiger partial charge in [0.15, 0.2) is 0 Å². The summed E-state index contributed by atoms with van der Waals surface area (Å²) in [5.41, 5.74) is 2.69. The van der Waals surface area contributed by atoms with Gasteiger partial charge in [-0.2, -0.15) is 5.26 Å². The first-order valence-corrected chi connectivity index (χ1v) is 7.10. The average molecular weight is 294 g/mol. The van der Waals surface area contributed by atoms with E-state index in [4.69, 9.17) is 10.00 Å². The highest BCUT2D eigenvalue weighted by atomic mass is 16.5. The van der Waals surface area contributed by atoms with Crippen LogP contribution in [0.4, 0.5) is 0 Å². The summed E-state index contributed by atoms with van der Waals surface area (Å²) in [4.78, 5) is 11.9. The Hall–Kier alpha value is -2.80. The predicted molar refractivity (Wildman–Crippen MR) is 84.3 cm³/mol. The minimum Gasteiger partial charge on any atom is -0.497 e. The van der Waals surface area contributed by atoms with E-state index in [0.29, 0.717) is 24.9 Å². The fourth-order valence-electron chi connectivity index (χ4n) is 2.08. The Labute approximate surface area is 130 Å². The summed E-state index contributed by atoms with van der Waals surface area (Å²) in [7, 11) is 1.62. The van der Waals surface area contributed by atoms with Crippen LogP contribution in [0.5, 0.6) is 5.75 Å². The molecule has 0 aromatic heterocycles. The number of nitrogens with one attached hydrogen (secondary N) is 1. The Morgan fingerprint density at radius 3 is 2.64 bits per heavy atom. The second-order valence-corrected chi connectivity index (χ2v) is 4.94. The standard InChI is InChI=1S/C18H18N2O2/c1-22-17-4-2-3-16(11-17)13-20-18(21)10-9-14-5-7-15(12-19)8-6-14/h2-8,11H,9-10,13H2,1H3,(H,20,21). The number of hydrogen-bond acceptors (Lipinski definition) is 3. The summed E-state index contributed by atoms with van der Waals surface area (Å²) >= 11 is 0. The van der Waals surface area contributed by atoms with Crippen LogP contribution >= 0.6 is 0 Å². The number of methoxy groups -OCH3 is 1. The highest BCUT2D eigenvalue weighted by molar-refractivity contribution is 5.76. The largest absolute Gasteiger partial charge is 0.497 e. The van der Waals surface area contributed by atoms with Crippen molar-refractivity contribution in [2.24, 2.45) is 0 Å². The number of benzene rings is 2. The maximum atomic E-state index is 11.9. The van der Waals surface area contributed by atoms with Gasteiger partial charge in [0.25, 0.3) is 0 Å². The molecule has 4 nitrogen and oxygen atoms in total. The van der Waals surface area contributed by atoms with Crippen LogP contribution in [-0.2, 0) is 17.8 Å². The molecule has 4 heteroatoms. The minimum absolute atomic E-state index is 0.00665. The Kier molecular flexibility index (Phi) is 5.56. The fourth-order valence-corrected chi connectivity index (χ4v) is 2.08. The van der Waals surface area contributed by atoms with Gasteiger partial charge in [0.05, 0.1) is 18.7 Å². The van der Waals surface area contributed by atoms with E-state index in [1.54, 1.807) is 19.2 Å². The molecule has 0 fully saturated rings. The molecule has 0 saturated carbocycles. The van der Waals surface area contributed by atoms with E-state index in [1.807, 2.05) is 36.4 Å². The summed E-state index contributed by atoms with van der Waals surface area (Å²) in [5, 5.41) is 11.6. The van der Waals surface area contributed by atoms with Crippen LogP contribution in [0.15, 0.2) is 48.5 Å². The molecule has 0 saturated heterocycles. The number of rotatable bonds is 6. The highest BCUT2D eigenvalue weighted by Gasteiger charge is 2.03. The van der Waals surface area contributed by atoms with Gasteiger partial charge in [0, 0.05) is 13.0 Å². The van der Waals surface area contributed by atoms with E-state index in [1.165, 1.54) is 0 Å². The molecule has 0 spiro atoms. The third-order valence-electron chi connectivity index (χ3n) is 3.35. The van der Waals surface area contributed by atoms with E-state index >= 15 is 0 Å². The number of carbonyl (C=O) groups excluding carboxylic acids is 1. The van der Waals surface area contributed by atoms with Crippen LogP contribution in [0.25, 0.3) is 0 Å². The molecule has 0 radical (unpaired) electrons. The molecular weight excluding hydrogens is 276 g/mol. The van der Waals surface area contributed by atoms with Gasteiger partial charge in [0.2, 0.25) is 5.91 Å². The van der Waals surface area contributed by atoms with Crippen LogP contribution in [0, 0.1) is 11.3 Å². The maximum Gasteiger partial charge on any atom is 0.220 e. The molecule has 0 unspecified atom stereocenters. The molecule has 0 bridgehead atoms. The average Bonchev–Trinajstić information content (AvgIpc) is 2.58. The van der Waals surface area contributed by atoms with Crippen LogP contribution in [0.1, 0.15) is 23.1 Å². The first-order chi connectivity index (χ1) is 10.7. The van der Waals surface area contributed by atoms with Crippen LogP contribution in [-0.4, -0.2) is 13.0 Å². The molecule has 2 rings (SSSR count). The van der Waals surface area contributed by atoms with Gasteiger partial charge in [-0.15, -0.1) is 0 Å². The monoisotopic (exact) mass is 294 g/mol. The van der Waals surface area contributed by atoms with Crippen molar-refractivity contribution in [2.45, 2.75) is 19.4 Å². The third kappa shape index (κ3) is 4.64. The Bertz CT molecular complexity index is 672. The number of ether oxygens (including phenoxy) is 1. The van der Waals surface area contributed by atoms with Gasteiger partial charge in [0.1, 0.15) is 5.75 Å². The number of nitrogens with zero attached hydrogens (tertiary/aromatic N) is 1. The van der Waals surface area contributed by atoms with E-state index in [0.717, 1.165) is 16.9 Å². The lowest BCUT2D eigenvalue weighted by Crippen LogP contribution is -2.22. The van der Waals surface area contributed by atoms with Gasteiger partial charge in [-0.1, -0.05) is 24.3 Å². The lowest BCUT2D eigenvalue weighted by atomic mass is 10.1. The Balaban J connectivity index is 1.79. The van der Waals surface area contributed by atoms with Gasteiger partial charge < -0.3 is 10.1 Å². The van der Waals surface area contributed by atoms with E-state index in [2.05, 4.69) is 11.4 Å². The van der Waals surface area contributed by atoms with Crippen molar-refractivity contribution in [3.05, 3.63) is 65.2 Å². The molecule has 0 heterocycles. The quantitative estimate of drug-likeness (QED) is 0.891. The lowest BCUT2D eigenvalue weighted by molar-refractivity contribution is -0.121. The van der Waals surface area contributed by atoms with Crippen molar-refractivity contribution >= 4 is 5.91 Å². The fraction of sp³-hybridized carbons (Fsp3) is 0.222. The van der Waals surface area contributed by atoms with Crippen molar-refractivity contribution in [1.29, 1.82) is 5.26 Å². The van der Waals surface area contributed by atoms with Gasteiger partial charge in [-0.25, -0.2) is 0 Å². The molecule has 0 aliphatic carbocycles. The molecule has 0 aliphatic rings. The Morgan fingerprint density at radius 2 is 1.95 bits per heavy atom. The maximum absolute atomic E-state index is 11.9. The van der Waals surface area contributed by atoms with Crippen molar-refractivity contribution < 1.29 is 9.53 Å². The number of aryl methyl sites for hydroxylation is 1. The van der Waals surface area contributed by atoms with Gasteiger partial charge in [-0.05, 0) is 41.8 Å². The summed E-state index contributed by atoms with van der Waals surface area (Å²) in [5.74, 6) is 0.788. The second kappa shape index (κ2) is 7.84. The van der Waals surface area contributed by atoms with E-state index < -0.39 is 0 Å². The van der Waals surface area contributed by atoms with Gasteiger partial charge >= 0.3 is 0 Å². The van der Waals surface area contributed by atoms with E-state index in [9.17, 15) is 4.79 Å².